The number of hydrogen-bond donors (Lipinski definition) is 1. The Morgan fingerprint density at radius 3 is 2.70 bits per heavy atom. The fourth-order valence-electron chi connectivity index (χ4n) is 0.682. The van der Waals surface area contributed by atoms with Gasteiger partial charge in [0.15, 0.2) is 5.88 Å². The number of nitrogen functional groups attached to an aromatic ring is 1. The van der Waals surface area contributed by atoms with E-state index in [9.17, 15) is 8.78 Å². The van der Waals surface area contributed by atoms with Crippen molar-refractivity contribution in [2.24, 2.45) is 0 Å². The summed E-state index contributed by atoms with van der Waals surface area (Å²) in [5.74, 6) is 0.0836. The predicted molar refractivity (Wildman–Crippen MR) is 32.8 cm³/mol. The first-order valence-electron chi connectivity index (χ1n) is 2.80. The van der Waals surface area contributed by atoms with Gasteiger partial charge in [0.2, 0.25) is 6.43 Å². The zero-order valence-electron chi connectivity index (χ0n) is 5.18. The molecule has 0 saturated heterocycles. The van der Waals surface area contributed by atoms with Crippen LogP contribution in [-0.4, -0.2) is 6.43 Å². The second-order valence-corrected chi connectivity index (χ2v) is 1.91. The molecule has 1 heterocycles. The molecule has 0 unspecified atom stereocenters. The van der Waals surface area contributed by atoms with E-state index < -0.39 is 6.43 Å². The zero-order chi connectivity index (χ0) is 7.56. The van der Waals surface area contributed by atoms with Gasteiger partial charge in [0.1, 0.15) is 0 Å². The number of furan rings is 1. The van der Waals surface area contributed by atoms with Crippen molar-refractivity contribution in [3.8, 4) is 0 Å². The average molecular weight is 147 g/mol. The summed E-state index contributed by atoms with van der Waals surface area (Å²) in [4.78, 5) is 0. The van der Waals surface area contributed by atoms with Gasteiger partial charge in [-0.2, -0.15) is 0 Å². The van der Waals surface area contributed by atoms with Gasteiger partial charge in [-0.1, -0.05) is 0 Å². The van der Waals surface area contributed by atoms with E-state index in [4.69, 9.17) is 5.73 Å². The zero-order valence-corrected chi connectivity index (χ0v) is 5.18. The van der Waals surface area contributed by atoms with Crippen molar-refractivity contribution in [1.82, 2.24) is 0 Å². The minimum absolute atomic E-state index is 0.0836. The maximum Gasteiger partial charge on any atom is 0.242 e. The van der Waals surface area contributed by atoms with Crippen LogP contribution >= 0.6 is 0 Å². The van der Waals surface area contributed by atoms with Crippen molar-refractivity contribution >= 4 is 5.88 Å². The third-order valence-electron chi connectivity index (χ3n) is 1.15. The van der Waals surface area contributed by atoms with Gasteiger partial charge in [0.05, 0.1) is 6.26 Å². The van der Waals surface area contributed by atoms with E-state index in [-0.39, 0.29) is 12.3 Å². The molecule has 0 bridgehead atoms. The number of alkyl halides is 2. The topological polar surface area (TPSA) is 39.2 Å². The SMILES string of the molecule is Nc1occc1CC(F)F. The lowest BCUT2D eigenvalue weighted by Gasteiger charge is -1.94. The van der Waals surface area contributed by atoms with Gasteiger partial charge in [0.25, 0.3) is 0 Å². The summed E-state index contributed by atoms with van der Waals surface area (Å²) < 4.78 is 28.0. The second-order valence-electron chi connectivity index (χ2n) is 1.91. The van der Waals surface area contributed by atoms with Gasteiger partial charge >= 0.3 is 0 Å². The highest BCUT2D eigenvalue weighted by Gasteiger charge is 2.08. The molecule has 0 aliphatic rings. The van der Waals surface area contributed by atoms with Crippen molar-refractivity contribution < 1.29 is 13.2 Å². The van der Waals surface area contributed by atoms with Crippen LogP contribution in [-0.2, 0) is 6.42 Å². The van der Waals surface area contributed by atoms with Gasteiger partial charge in [-0.3, -0.25) is 0 Å². The molecule has 10 heavy (non-hydrogen) atoms. The van der Waals surface area contributed by atoms with Crippen LogP contribution in [0.5, 0.6) is 0 Å². The van der Waals surface area contributed by atoms with Gasteiger partial charge < -0.3 is 10.2 Å². The lowest BCUT2D eigenvalue weighted by atomic mass is 10.2. The number of nitrogens with two attached hydrogens (primary N) is 1. The molecule has 0 fully saturated rings. The van der Waals surface area contributed by atoms with Crippen LogP contribution in [0.4, 0.5) is 14.7 Å². The molecule has 2 N–H and O–H groups in total. The Morgan fingerprint density at radius 2 is 2.30 bits per heavy atom. The Balaban J connectivity index is 2.65. The van der Waals surface area contributed by atoms with Crippen LogP contribution in [0, 0.1) is 0 Å². The maximum absolute atomic E-state index is 11.7. The van der Waals surface area contributed by atoms with Crippen LogP contribution in [0.2, 0.25) is 0 Å². The van der Waals surface area contributed by atoms with Crippen LogP contribution < -0.4 is 5.73 Å². The second kappa shape index (κ2) is 2.68. The molecule has 1 aromatic heterocycles. The fourth-order valence-corrected chi connectivity index (χ4v) is 0.682. The average Bonchev–Trinajstić information content (AvgIpc) is 2.15. The number of rotatable bonds is 2. The summed E-state index contributed by atoms with van der Waals surface area (Å²) in [5.41, 5.74) is 5.56. The summed E-state index contributed by atoms with van der Waals surface area (Å²) in [6.45, 7) is 0. The number of hydrogen-bond acceptors (Lipinski definition) is 2. The van der Waals surface area contributed by atoms with E-state index in [2.05, 4.69) is 4.42 Å². The van der Waals surface area contributed by atoms with E-state index in [0.29, 0.717) is 5.56 Å². The molecule has 0 aliphatic heterocycles. The van der Waals surface area contributed by atoms with E-state index in [1.54, 1.807) is 0 Å². The van der Waals surface area contributed by atoms with Crippen molar-refractivity contribution in [3.63, 3.8) is 0 Å². The highest BCUT2D eigenvalue weighted by Crippen LogP contribution is 2.15. The van der Waals surface area contributed by atoms with Crippen LogP contribution in [0.3, 0.4) is 0 Å². The first-order valence-corrected chi connectivity index (χ1v) is 2.80. The smallest absolute Gasteiger partial charge is 0.242 e. The predicted octanol–water partition coefficient (Wildman–Crippen LogP) is 1.67. The lowest BCUT2D eigenvalue weighted by molar-refractivity contribution is 0.149. The van der Waals surface area contributed by atoms with Crippen molar-refractivity contribution in [2.75, 3.05) is 5.73 Å². The van der Waals surface area contributed by atoms with Crippen LogP contribution in [0.15, 0.2) is 16.7 Å². The molecule has 0 spiro atoms. The number of halogens is 2. The molecule has 0 aromatic carbocycles. The van der Waals surface area contributed by atoms with Gasteiger partial charge in [-0.15, -0.1) is 0 Å². The molecular formula is C6H7F2NO. The lowest BCUT2D eigenvalue weighted by Crippen LogP contribution is -1.97. The highest BCUT2D eigenvalue weighted by molar-refractivity contribution is 5.35. The van der Waals surface area contributed by atoms with Gasteiger partial charge in [0, 0.05) is 12.0 Å². The Bertz CT molecular complexity index is 209. The molecule has 2 nitrogen and oxygen atoms in total. The number of anilines is 1. The van der Waals surface area contributed by atoms with Crippen molar-refractivity contribution in [3.05, 3.63) is 17.9 Å². The van der Waals surface area contributed by atoms with Crippen molar-refractivity contribution in [1.29, 1.82) is 0 Å². The van der Waals surface area contributed by atoms with Crippen LogP contribution in [0.25, 0.3) is 0 Å². The van der Waals surface area contributed by atoms with E-state index >= 15 is 0 Å². The molecule has 0 atom stereocenters. The largest absolute Gasteiger partial charge is 0.449 e. The monoisotopic (exact) mass is 147 g/mol. The molecule has 1 aromatic rings. The quantitative estimate of drug-likeness (QED) is 0.691. The van der Waals surface area contributed by atoms with E-state index in [1.165, 1.54) is 12.3 Å². The van der Waals surface area contributed by atoms with E-state index in [1.807, 2.05) is 0 Å². The molecule has 0 amide bonds. The molecular weight excluding hydrogens is 140 g/mol. The molecule has 4 heteroatoms. The minimum atomic E-state index is -2.36. The highest BCUT2D eigenvalue weighted by atomic mass is 19.3. The summed E-state index contributed by atoms with van der Waals surface area (Å²) in [6.07, 6.45) is -1.39. The fraction of sp³-hybridized carbons (Fsp3) is 0.333. The summed E-state index contributed by atoms with van der Waals surface area (Å²) in [5, 5.41) is 0. The Hall–Kier alpha value is -1.06. The Morgan fingerprint density at radius 1 is 1.60 bits per heavy atom. The first kappa shape index (κ1) is 7.05. The summed E-state index contributed by atoms with van der Waals surface area (Å²) in [7, 11) is 0. The van der Waals surface area contributed by atoms with Gasteiger partial charge in [-0.25, -0.2) is 8.78 Å². The molecule has 0 aliphatic carbocycles. The Labute approximate surface area is 56.6 Å². The maximum atomic E-state index is 11.7. The minimum Gasteiger partial charge on any atom is -0.449 e. The summed E-state index contributed by atoms with van der Waals surface area (Å²) >= 11 is 0. The van der Waals surface area contributed by atoms with Gasteiger partial charge in [-0.05, 0) is 6.07 Å². The third-order valence-corrected chi connectivity index (χ3v) is 1.15. The van der Waals surface area contributed by atoms with E-state index in [0.717, 1.165) is 0 Å². The normalized spacial score (nSPS) is 10.7. The molecule has 0 radical (unpaired) electrons. The Kier molecular flexibility index (Phi) is 1.89. The molecule has 1 rings (SSSR count). The molecule has 0 saturated carbocycles. The third kappa shape index (κ3) is 1.46. The van der Waals surface area contributed by atoms with Crippen LogP contribution in [0.1, 0.15) is 5.56 Å². The standard InChI is InChI=1S/C6H7F2NO/c7-5(8)3-4-1-2-10-6(4)9/h1-2,5H,3,9H2. The molecule has 56 valence electrons. The summed E-state index contributed by atoms with van der Waals surface area (Å²) in [6, 6.07) is 1.45. The van der Waals surface area contributed by atoms with Crippen molar-refractivity contribution in [2.45, 2.75) is 12.8 Å². The first-order chi connectivity index (χ1) is 4.70.